The van der Waals surface area contributed by atoms with Crippen LogP contribution in [0.5, 0.6) is 0 Å². The summed E-state index contributed by atoms with van der Waals surface area (Å²) in [5.74, 6) is 0.101. The molecular weight excluding hydrogens is 259 g/mol. The van der Waals surface area contributed by atoms with Gasteiger partial charge in [-0.2, -0.15) is 0 Å². The molecule has 2 atom stereocenters. The molecule has 0 aromatic heterocycles. The molecule has 2 aliphatic rings. The Hall–Kier alpha value is -1.62. The summed E-state index contributed by atoms with van der Waals surface area (Å²) in [5.41, 5.74) is 0.498. The summed E-state index contributed by atoms with van der Waals surface area (Å²) < 4.78 is 18.5. The van der Waals surface area contributed by atoms with E-state index in [4.69, 9.17) is 4.74 Å². The molecule has 0 aliphatic carbocycles. The number of nitrogens with zero attached hydrogens (tertiary/aromatic N) is 1. The maximum atomic E-state index is 12.9. The smallest absolute Gasteiger partial charge is 0.410 e. The molecule has 0 radical (unpaired) electrons. The predicted octanol–water partition coefficient (Wildman–Crippen LogP) is 2.15. The molecule has 3 rings (SSSR count). The molecular formula is C15H19FN2O2. The highest BCUT2D eigenvalue weighted by molar-refractivity contribution is 5.70. The van der Waals surface area contributed by atoms with E-state index in [2.05, 4.69) is 5.32 Å². The first-order valence-electron chi connectivity index (χ1n) is 7.00. The minimum atomic E-state index is -0.416. The van der Waals surface area contributed by atoms with Crippen molar-refractivity contribution in [1.29, 1.82) is 0 Å². The fourth-order valence-corrected chi connectivity index (χ4v) is 3.06. The number of hydrogen-bond acceptors (Lipinski definition) is 3. The molecule has 2 saturated heterocycles. The van der Waals surface area contributed by atoms with Gasteiger partial charge in [0.1, 0.15) is 11.4 Å². The van der Waals surface area contributed by atoms with Crippen LogP contribution in [0.25, 0.3) is 0 Å². The fourth-order valence-electron chi connectivity index (χ4n) is 3.06. The fraction of sp³-hybridized carbons (Fsp3) is 0.533. The zero-order valence-electron chi connectivity index (χ0n) is 11.6. The van der Waals surface area contributed by atoms with Crippen molar-refractivity contribution in [3.63, 3.8) is 0 Å². The van der Waals surface area contributed by atoms with Gasteiger partial charge in [-0.1, -0.05) is 12.1 Å². The number of carbonyl (C=O) groups excluding carboxylic acids is 1. The highest BCUT2D eigenvalue weighted by Crippen LogP contribution is 2.34. The third-order valence-corrected chi connectivity index (χ3v) is 4.29. The number of benzene rings is 1. The first-order chi connectivity index (χ1) is 9.57. The number of amides is 1. The normalized spacial score (nSPS) is 29.8. The van der Waals surface area contributed by atoms with Crippen molar-refractivity contribution in [2.24, 2.45) is 5.92 Å². The summed E-state index contributed by atoms with van der Waals surface area (Å²) >= 11 is 0. The van der Waals surface area contributed by atoms with Gasteiger partial charge in [0.2, 0.25) is 0 Å². The first kappa shape index (κ1) is 13.4. The first-order valence-corrected chi connectivity index (χ1v) is 7.00. The van der Waals surface area contributed by atoms with Crippen molar-refractivity contribution in [2.75, 3.05) is 19.6 Å². The van der Waals surface area contributed by atoms with E-state index >= 15 is 0 Å². The van der Waals surface area contributed by atoms with Crippen LogP contribution in [-0.2, 0) is 11.3 Å². The second-order valence-electron chi connectivity index (χ2n) is 5.85. The average Bonchev–Trinajstić information content (AvgIpc) is 3.02. The molecule has 1 aromatic rings. The Balaban J connectivity index is 1.69. The van der Waals surface area contributed by atoms with Crippen molar-refractivity contribution in [1.82, 2.24) is 10.2 Å². The molecule has 2 aliphatic heterocycles. The highest BCUT2D eigenvalue weighted by atomic mass is 19.1. The molecule has 1 amide bonds. The van der Waals surface area contributed by atoms with Gasteiger partial charge < -0.3 is 10.1 Å². The SMILES string of the molecule is CC1(C2CCNC2)CN(Cc2ccc(F)cc2)C(=O)O1. The molecule has 1 aromatic carbocycles. The Kier molecular flexibility index (Phi) is 3.38. The quantitative estimate of drug-likeness (QED) is 0.921. The Labute approximate surface area is 117 Å². The van der Waals surface area contributed by atoms with Gasteiger partial charge in [0.15, 0.2) is 0 Å². The number of hydrogen-bond donors (Lipinski definition) is 1. The van der Waals surface area contributed by atoms with Crippen molar-refractivity contribution >= 4 is 6.09 Å². The molecule has 2 fully saturated rings. The van der Waals surface area contributed by atoms with Gasteiger partial charge in [-0.3, -0.25) is 4.90 Å². The molecule has 2 unspecified atom stereocenters. The molecule has 5 heteroatoms. The standard InChI is InChI=1S/C15H19FN2O2/c1-15(12-6-7-17-8-12)10-18(14(19)20-15)9-11-2-4-13(16)5-3-11/h2-5,12,17H,6-10H2,1H3. The minimum Gasteiger partial charge on any atom is -0.441 e. The lowest BCUT2D eigenvalue weighted by molar-refractivity contribution is 0.0287. The monoisotopic (exact) mass is 278 g/mol. The molecule has 20 heavy (non-hydrogen) atoms. The largest absolute Gasteiger partial charge is 0.441 e. The Bertz CT molecular complexity index is 499. The second-order valence-corrected chi connectivity index (χ2v) is 5.85. The van der Waals surface area contributed by atoms with Crippen LogP contribution in [0, 0.1) is 11.7 Å². The molecule has 108 valence electrons. The lowest BCUT2D eigenvalue weighted by atomic mass is 9.88. The van der Waals surface area contributed by atoms with Gasteiger partial charge in [-0.15, -0.1) is 0 Å². The third-order valence-electron chi connectivity index (χ3n) is 4.29. The number of cyclic esters (lactones) is 1. The van der Waals surface area contributed by atoms with Crippen LogP contribution in [-0.4, -0.2) is 36.2 Å². The van der Waals surface area contributed by atoms with Gasteiger partial charge in [0, 0.05) is 19.0 Å². The summed E-state index contributed by atoms with van der Waals surface area (Å²) in [6.45, 7) is 4.95. The predicted molar refractivity (Wildman–Crippen MR) is 72.7 cm³/mol. The van der Waals surface area contributed by atoms with Crippen LogP contribution in [0.3, 0.4) is 0 Å². The van der Waals surface area contributed by atoms with Crippen molar-refractivity contribution in [3.8, 4) is 0 Å². The molecule has 0 saturated carbocycles. The van der Waals surface area contributed by atoms with Crippen LogP contribution in [0.1, 0.15) is 18.9 Å². The third kappa shape index (κ3) is 2.50. The Morgan fingerprint density at radius 3 is 2.85 bits per heavy atom. The van der Waals surface area contributed by atoms with E-state index in [0.717, 1.165) is 25.1 Å². The zero-order chi connectivity index (χ0) is 14.2. The maximum absolute atomic E-state index is 12.9. The summed E-state index contributed by atoms with van der Waals surface area (Å²) in [6.07, 6.45) is 0.762. The van der Waals surface area contributed by atoms with Gasteiger partial charge >= 0.3 is 6.09 Å². The van der Waals surface area contributed by atoms with Gasteiger partial charge in [-0.25, -0.2) is 9.18 Å². The van der Waals surface area contributed by atoms with Gasteiger partial charge in [0.05, 0.1) is 6.54 Å². The van der Waals surface area contributed by atoms with E-state index in [1.807, 2.05) is 6.92 Å². The number of nitrogens with one attached hydrogen (secondary N) is 1. The van der Waals surface area contributed by atoms with Gasteiger partial charge in [-0.05, 0) is 37.6 Å². The summed E-state index contributed by atoms with van der Waals surface area (Å²) in [4.78, 5) is 13.7. The lowest BCUT2D eigenvalue weighted by Crippen LogP contribution is -2.40. The molecule has 1 N–H and O–H groups in total. The van der Waals surface area contributed by atoms with E-state index in [9.17, 15) is 9.18 Å². The average molecular weight is 278 g/mol. The van der Waals surface area contributed by atoms with Crippen molar-refractivity contribution in [3.05, 3.63) is 35.6 Å². The summed E-state index contributed by atoms with van der Waals surface area (Å²) in [5, 5.41) is 3.31. The second kappa shape index (κ2) is 5.05. The summed E-state index contributed by atoms with van der Waals surface area (Å²) in [6, 6.07) is 6.23. The van der Waals surface area contributed by atoms with Crippen LogP contribution in [0.2, 0.25) is 0 Å². The van der Waals surface area contributed by atoms with E-state index in [0.29, 0.717) is 19.0 Å². The van der Waals surface area contributed by atoms with Crippen LogP contribution < -0.4 is 5.32 Å². The number of rotatable bonds is 3. The minimum absolute atomic E-state index is 0.264. The lowest BCUT2D eigenvalue weighted by Gasteiger charge is -2.28. The molecule has 2 heterocycles. The Morgan fingerprint density at radius 2 is 2.20 bits per heavy atom. The highest BCUT2D eigenvalue weighted by Gasteiger charge is 2.47. The van der Waals surface area contributed by atoms with Crippen LogP contribution in [0.4, 0.5) is 9.18 Å². The van der Waals surface area contributed by atoms with Crippen LogP contribution >= 0.6 is 0 Å². The number of carbonyl (C=O) groups is 1. The van der Waals surface area contributed by atoms with Crippen molar-refractivity contribution < 1.29 is 13.9 Å². The topological polar surface area (TPSA) is 41.6 Å². The molecule has 0 bridgehead atoms. The van der Waals surface area contributed by atoms with E-state index in [1.165, 1.54) is 12.1 Å². The van der Waals surface area contributed by atoms with Crippen molar-refractivity contribution in [2.45, 2.75) is 25.5 Å². The Morgan fingerprint density at radius 1 is 1.45 bits per heavy atom. The van der Waals surface area contributed by atoms with E-state index < -0.39 is 5.60 Å². The van der Waals surface area contributed by atoms with E-state index in [1.54, 1.807) is 17.0 Å². The number of ether oxygens (including phenoxy) is 1. The zero-order valence-corrected chi connectivity index (χ0v) is 11.6. The van der Waals surface area contributed by atoms with E-state index in [-0.39, 0.29) is 11.9 Å². The number of halogens is 1. The molecule has 0 spiro atoms. The summed E-state index contributed by atoms with van der Waals surface area (Å²) in [7, 11) is 0. The molecule has 4 nitrogen and oxygen atoms in total. The van der Waals surface area contributed by atoms with Gasteiger partial charge in [0.25, 0.3) is 0 Å². The van der Waals surface area contributed by atoms with Crippen LogP contribution in [0.15, 0.2) is 24.3 Å². The maximum Gasteiger partial charge on any atom is 0.410 e.